The van der Waals surface area contributed by atoms with E-state index in [0.29, 0.717) is 19.1 Å². The molecule has 1 fully saturated rings. The number of hydrogen-bond acceptors (Lipinski definition) is 4. The van der Waals surface area contributed by atoms with E-state index in [1.165, 1.54) is 0 Å². The third kappa shape index (κ3) is 5.04. The van der Waals surface area contributed by atoms with Crippen LogP contribution in [-0.2, 0) is 14.3 Å². The normalized spacial score (nSPS) is 23.2. The topological polar surface area (TPSA) is 76.7 Å². The third-order valence-corrected chi connectivity index (χ3v) is 2.76. The fourth-order valence-corrected chi connectivity index (χ4v) is 1.69. The molecular formula is C11H20N2O4. The molecule has 1 aliphatic heterocycles. The van der Waals surface area contributed by atoms with Crippen molar-refractivity contribution in [1.82, 2.24) is 10.6 Å². The summed E-state index contributed by atoms with van der Waals surface area (Å²) in [6.45, 7) is 5.25. The summed E-state index contributed by atoms with van der Waals surface area (Å²) < 4.78 is 10.1. The maximum atomic E-state index is 11.3. The van der Waals surface area contributed by atoms with Crippen LogP contribution in [0.1, 0.15) is 20.3 Å². The number of esters is 1. The first-order valence-corrected chi connectivity index (χ1v) is 5.92. The van der Waals surface area contributed by atoms with E-state index in [1.54, 1.807) is 6.92 Å². The number of urea groups is 1. The summed E-state index contributed by atoms with van der Waals surface area (Å²) in [5.41, 5.74) is 0. The first-order valence-electron chi connectivity index (χ1n) is 5.92. The molecule has 0 saturated carbocycles. The van der Waals surface area contributed by atoms with Crippen molar-refractivity contribution < 1.29 is 19.1 Å². The lowest BCUT2D eigenvalue weighted by Gasteiger charge is -2.14. The lowest BCUT2D eigenvalue weighted by atomic mass is 10.0. The number of nitrogens with one attached hydrogen (secondary N) is 2. The van der Waals surface area contributed by atoms with E-state index in [0.717, 1.165) is 13.0 Å². The van der Waals surface area contributed by atoms with Gasteiger partial charge in [0.2, 0.25) is 0 Å². The second-order valence-electron chi connectivity index (χ2n) is 3.99. The van der Waals surface area contributed by atoms with Crippen molar-refractivity contribution in [3.63, 3.8) is 0 Å². The van der Waals surface area contributed by atoms with Gasteiger partial charge in [0.05, 0.1) is 12.7 Å². The Hall–Kier alpha value is -1.30. The van der Waals surface area contributed by atoms with Gasteiger partial charge in [-0.05, 0) is 20.3 Å². The van der Waals surface area contributed by atoms with Gasteiger partial charge in [0.25, 0.3) is 0 Å². The molecule has 2 N–H and O–H groups in total. The van der Waals surface area contributed by atoms with E-state index >= 15 is 0 Å². The molecule has 1 saturated heterocycles. The van der Waals surface area contributed by atoms with E-state index in [9.17, 15) is 9.59 Å². The standard InChI is InChI=1S/C11H20N2O4/c1-3-16-10(14)7-13-11(15)12-6-9-4-5-17-8(9)2/h8-9H,3-7H2,1-2H3,(H2,12,13,15). The fourth-order valence-electron chi connectivity index (χ4n) is 1.69. The van der Waals surface area contributed by atoms with Crippen molar-refractivity contribution in [3.8, 4) is 0 Å². The zero-order valence-corrected chi connectivity index (χ0v) is 10.3. The van der Waals surface area contributed by atoms with Crippen LogP contribution in [0, 0.1) is 5.92 Å². The molecule has 2 amide bonds. The molecule has 0 radical (unpaired) electrons. The highest BCUT2D eigenvalue weighted by Gasteiger charge is 2.24. The lowest BCUT2D eigenvalue weighted by molar-refractivity contribution is -0.141. The Morgan fingerprint density at radius 1 is 1.41 bits per heavy atom. The number of carbonyl (C=O) groups is 2. The van der Waals surface area contributed by atoms with Crippen LogP contribution in [0.25, 0.3) is 0 Å². The highest BCUT2D eigenvalue weighted by Crippen LogP contribution is 2.18. The lowest BCUT2D eigenvalue weighted by Crippen LogP contribution is -2.41. The first-order chi connectivity index (χ1) is 8.13. The summed E-state index contributed by atoms with van der Waals surface area (Å²) in [7, 11) is 0. The van der Waals surface area contributed by atoms with Gasteiger partial charge >= 0.3 is 12.0 Å². The Morgan fingerprint density at radius 2 is 2.18 bits per heavy atom. The second-order valence-corrected chi connectivity index (χ2v) is 3.99. The van der Waals surface area contributed by atoms with Crippen molar-refractivity contribution in [1.29, 1.82) is 0 Å². The van der Waals surface area contributed by atoms with Gasteiger partial charge in [0, 0.05) is 19.1 Å². The molecule has 1 heterocycles. The molecule has 0 spiro atoms. The zero-order chi connectivity index (χ0) is 12.7. The summed E-state index contributed by atoms with van der Waals surface area (Å²) in [5, 5.41) is 5.16. The molecule has 0 bridgehead atoms. The van der Waals surface area contributed by atoms with E-state index in [1.807, 2.05) is 6.92 Å². The largest absolute Gasteiger partial charge is 0.465 e. The quantitative estimate of drug-likeness (QED) is 0.681. The molecule has 17 heavy (non-hydrogen) atoms. The summed E-state index contributed by atoms with van der Waals surface area (Å²) in [6, 6.07) is -0.350. The van der Waals surface area contributed by atoms with Crippen LogP contribution in [0.3, 0.4) is 0 Å². The smallest absolute Gasteiger partial charge is 0.325 e. The second kappa shape index (κ2) is 7.11. The summed E-state index contributed by atoms with van der Waals surface area (Å²) >= 11 is 0. The number of hydrogen-bond donors (Lipinski definition) is 2. The summed E-state index contributed by atoms with van der Waals surface area (Å²) in [5.74, 6) is -0.0800. The van der Waals surface area contributed by atoms with E-state index in [-0.39, 0.29) is 18.7 Å². The van der Waals surface area contributed by atoms with Gasteiger partial charge in [-0.15, -0.1) is 0 Å². The molecule has 0 aromatic carbocycles. The van der Waals surface area contributed by atoms with Crippen molar-refractivity contribution in [2.75, 3.05) is 26.3 Å². The van der Waals surface area contributed by atoms with Crippen LogP contribution in [0.15, 0.2) is 0 Å². The molecule has 0 aromatic heterocycles. The molecule has 98 valence electrons. The van der Waals surface area contributed by atoms with Crippen LogP contribution in [0.5, 0.6) is 0 Å². The van der Waals surface area contributed by atoms with Gasteiger partial charge in [-0.25, -0.2) is 4.79 Å². The van der Waals surface area contributed by atoms with Gasteiger partial charge in [-0.1, -0.05) is 0 Å². The minimum Gasteiger partial charge on any atom is -0.465 e. The third-order valence-electron chi connectivity index (χ3n) is 2.76. The average molecular weight is 244 g/mol. The Labute approximate surface area is 101 Å². The zero-order valence-electron chi connectivity index (χ0n) is 10.3. The maximum absolute atomic E-state index is 11.3. The van der Waals surface area contributed by atoms with Gasteiger partial charge in [0.15, 0.2) is 0 Å². The van der Waals surface area contributed by atoms with Crippen LogP contribution >= 0.6 is 0 Å². The van der Waals surface area contributed by atoms with Crippen LogP contribution in [0.4, 0.5) is 4.79 Å². The number of ether oxygens (including phenoxy) is 2. The Morgan fingerprint density at radius 3 is 2.76 bits per heavy atom. The van der Waals surface area contributed by atoms with Crippen molar-refractivity contribution in [2.45, 2.75) is 26.4 Å². The Bertz CT molecular complexity index is 270. The Kier molecular flexibility index (Phi) is 5.76. The molecule has 0 aliphatic carbocycles. The predicted molar refractivity (Wildman–Crippen MR) is 61.6 cm³/mol. The predicted octanol–water partition coefficient (Wildman–Crippen LogP) is 0.274. The fraction of sp³-hybridized carbons (Fsp3) is 0.818. The van der Waals surface area contributed by atoms with Gasteiger partial charge in [0.1, 0.15) is 6.54 Å². The number of rotatable bonds is 5. The molecule has 1 aliphatic rings. The highest BCUT2D eigenvalue weighted by molar-refractivity contribution is 5.80. The monoisotopic (exact) mass is 244 g/mol. The SMILES string of the molecule is CCOC(=O)CNC(=O)NCC1CCOC1C. The Balaban J connectivity index is 2.10. The minimum absolute atomic E-state index is 0.101. The van der Waals surface area contributed by atoms with Crippen molar-refractivity contribution in [2.24, 2.45) is 5.92 Å². The van der Waals surface area contributed by atoms with Crippen molar-refractivity contribution in [3.05, 3.63) is 0 Å². The van der Waals surface area contributed by atoms with Crippen molar-refractivity contribution >= 4 is 12.0 Å². The van der Waals surface area contributed by atoms with Gasteiger partial charge in [-0.2, -0.15) is 0 Å². The summed E-state index contributed by atoms with van der Waals surface area (Å²) in [6.07, 6.45) is 1.14. The summed E-state index contributed by atoms with van der Waals surface area (Å²) in [4.78, 5) is 22.3. The van der Waals surface area contributed by atoms with Gasteiger partial charge < -0.3 is 20.1 Å². The molecule has 2 unspecified atom stereocenters. The van der Waals surface area contributed by atoms with Crippen LogP contribution in [0.2, 0.25) is 0 Å². The number of carbonyl (C=O) groups excluding carboxylic acids is 2. The van der Waals surface area contributed by atoms with Crippen LogP contribution in [-0.4, -0.2) is 44.4 Å². The highest BCUT2D eigenvalue weighted by atomic mass is 16.5. The van der Waals surface area contributed by atoms with E-state index in [2.05, 4.69) is 15.4 Å². The van der Waals surface area contributed by atoms with E-state index in [4.69, 9.17) is 4.74 Å². The molecule has 1 rings (SSSR count). The number of amides is 2. The molecule has 6 heteroatoms. The van der Waals surface area contributed by atoms with Crippen LogP contribution < -0.4 is 10.6 Å². The van der Waals surface area contributed by atoms with Gasteiger partial charge in [-0.3, -0.25) is 4.79 Å². The van der Waals surface area contributed by atoms with E-state index < -0.39 is 5.97 Å². The average Bonchev–Trinajstić information content (AvgIpc) is 2.70. The molecule has 0 aromatic rings. The molecule has 2 atom stereocenters. The molecular weight excluding hydrogens is 224 g/mol. The molecule has 6 nitrogen and oxygen atoms in total. The minimum atomic E-state index is -0.430. The maximum Gasteiger partial charge on any atom is 0.325 e. The first kappa shape index (κ1) is 13.8.